The van der Waals surface area contributed by atoms with Gasteiger partial charge in [0.05, 0.1) is 18.4 Å². The van der Waals surface area contributed by atoms with E-state index in [0.29, 0.717) is 5.69 Å². The average Bonchev–Trinajstić information content (AvgIpc) is 2.82. The lowest BCUT2D eigenvalue weighted by Crippen LogP contribution is -2.43. The number of fused-ring (bicyclic) bond motifs is 2. The molecule has 2 N–H and O–H groups in total. The maximum atomic E-state index is 13.1. The van der Waals surface area contributed by atoms with E-state index >= 15 is 0 Å². The van der Waals surface area contributed by atoms with E-state index in [1.54, 1.807) is 24.3 Å². The summed E-state index contributed by atoms with van der Waals surface area (Å²) >= 11 is 0. The molecule has 6 heteroatoms. The highest BCUT2D eigenvalue weighted by Gasteiger charge is 2.25. The number of esters is 1. The predicted molar refractivity (Wildman–Crippen MR) is 129 cm³/mol. The van der Waals surface area contributed by atoms with Gasteiger partial charge in [-0.05, 0) is 45.3 Å². The van der Waals surface area contributed by atoms with Crippen molar-refractivity contribution in [1.29, 1.82) is 0 Å². The fourth-order valence-electron chi connectivity index (χ4n) is 4.08. The van der Waals surface area contributed by atoms with Crippen LogP contribution in [0.25, 0.3) is 21.5 Å². The number of hydrogen-bond acceptors (Lipinski definition) is 4. The van der Waals surface area contributed by atoms with Gasteiger partial charge in [0.2, 0.25) is 5.91 Å². The van der Waals surface area contributed by atoms with Crippen molar-refractivity contribution < 1.29 is 19.1 Å². The highest BCUT2D eigenvalue weighted by molar-refractivity contribution is 6.05. The van der Waals surface area contributed by atoms with Crippen molar-refractivity contribution in [3.05, 3.63) is 90.0 Å². The number of rotatable bonds is 6. The molecule has 0 fully saturated rings. The summed E-state index contributed by atoms with van der Waals surface area (Å²) in [6, 6.07) is 23.8. The lowest BCUT2D eigenvalue weighted by atomic mass is 9.92. The van der Waals surface area contributed by atoms with Gasteiger partial charge in [-0.2, -0.15) is 0 Å². The number of benzene rings is 4. The van der Waals surface area contributed by atoms with E-state index in [4.69, 9.17) is 4.74 Å². The lowest BCUT2D eigenvalue weighted by molar-refractivity contribution is -0.142. The van der Waals surface area contributed by atoms with Crippen LogP contribution in [0.5, 0.6) is 0 Å². The normalized spacial score (nSPS) is 11.7. The summed E-state index contributed by atoms with van der Waals surface area (Å²) in [5, 5.41) is 9.59. The summed E-state index contributed by atoms with van der Waals surface area (Å²) in [4.78, 5) is 37.4. The van der Waals surface area contributed by atoms with Crippen LogP contribution in [0.4, 0.5) is 5.69 Å². The number of ether oxygens (including phenoxy) is 1. The molecule has 0 saturated heterocycles. The van der Waals surface area contributed by atoms with Gasteiger partial charge in [0.1, 0.15) is 6.04 Å². The Labute approximate surface area is 191 Å². The molecule has 166 valence electrons. The topological polar surface area (TPSA) is 84.5 Å². The average molecular weight is 440 g/mol. The first-order valence-electron chi connectivity index (χ1n) is 10.6. The van der Waals surface area contributed by atoms with Crippen molar-refractivity contribution in [2.24, 2.45) is 0 Å². The summed E-state index contributed by atoms with van der Waals surface area (Å²) < 4.78 is 5.02. The van der Waals surface area contributed by atoms with Crippen LogP contribution in [0.2, 0.25) is 0 Å². The first-order chi connectivity index (χ1) is 16.0. The lowest BCUT2D eigenvalue weighted by Gasteiger charge is -2.20. The smallest absolute Gasteiger partial charge is 0.328 e. The summed E-state index contributed by atoms with van der Waals surface area (Å²) in [5.41, 5.74) is 1.60. The molecule has 1 atom stereocenters. The maximum absolute atomic E-state index is 13.1. The molecular formula is C27H24N2O4. The van der Waals surface area contributed by atoms with Gasteiger partial charge in [-0.25, -0.2) is 4.79 Å². The van der Waals surface area contributed by atoms with Gasteiger partial charge < -0.3 is 15.4 Å². The maximum Gasteiger partial charge on any atom is 0.328 e. The molecule has 0 aromatic heterocycles. The van der Waals surface area contributed by atoms with Crippen LogP contribution in [-0.4, -0.2) is 30.9 Å². The van der Waals surface area contributed by atoms with Crippen molar-refractivity contribution in [2.75, 3.05) is 12.4 Å². The number of para-hydroxylation sites is 1. The number of carbonyl (C=O) groups excluding carboxylic acids is 3. The highest BCUT2D eigenvalue weighted by atomic mass is 16.5. The van der Waals surface area contributed by atoms with Gasteiger partial charge in [0, 0.05) is 13.3 Å². The molecule has 6 nitrogen and oxygen atoms in total. The van der Waals surface area contributed by atoms with Crippen molar-refractivity contribution in [1.82, 2.24) is 5.32 Å². The van der Waals surface area contributed by atoms with E-state index in [9.17, 15) is 14.4 Å². The predicted octanol–water partition coefficient (Wildman–Crippen LogP) is 4.47. The van der Waals surface area contributed by atoms with Crippen LogP contribution < -0.4 is 10.6 Å². The minimum atomic E-state index is -0.915. The van der Waals surface area contributed by atoms with Crippen molar-refractivity contribution in [3.8, 4) is 0 Å². The SMILES string of the molecule is COC(=O)[C@H](Cc1c2ccccc2cc2ccccc12)NC(=O)c1ccccc1NC(C)=O. The van der Waals surface area contributed by atoms with Crippen LogP contribution in [0, 0.1) is 0 Å². The molecule has 0 spiro atoms. The van der Waals surface area contributed by atoms with Gasteiger partial charge in [-0.15, -0.1) is 0 Å². The second-order valence-corrected chi connectivity index (χ2v) is 7.78. The fraction of sp³-hybridized carbons (Fsp3) is 0.148. The monoisotopic (exact) mass is 440 g/mol. The molecular weight excluding hydrogens is 416 g/mol. The quantitative estimate of drug-likeness (QED) is 0.342. The third-order valence-electron chi connectivity index (χ3n) is 5.56. The van der Waals surface area contributed by atoms with Gasteiger partial charge in [-0.1, -0.05) is 60.7 Å². The zero-order valence-electron chi connectivity index (χ0n) is 18.4. The summed E-state index contributed by atoms with van der Waals surface area (Å²) in [5.74, 6) is -1.31. The first-order valence-corrected chi connectivity index (χ1v) is 10.6. The Kier molecular flexibility index (Phi) is 6.36. The minimum absolute atomic E-state index is 0.253. The molecule has 0 aliphatic rings. The molecule has 0 saturated carbocycles. The summed E-state index contributed by atoms with van der Waals surface area (Å²) in [7, 11) is 1.30. The zero-order chi connectivity index (χ0) is 23.4. The van der Waals surface area contributed by atoms with Gasteiger partial charge >= 0.3 is 5.97 Å². The number of methoxy groups -OCH3 is 1. The second-order valence-electron chi connectivity index (χ2n) is 7.78. The first kappa shape index (κ1) is 22.0. The molecule has 0 aliphatic carbocycles. The number of nitrogens with one attached hydrogen (secondary N) is 2. The Morgan fingerprint density at radius 2 is 1.42 bits per heavy atom. The van der Waals surface area contributed by atoms with Crippen LogP contribution in [-0.2, 0) is 20.7 Å². The van der Waals surface area contributed by atoms with E-state index in [2.05, 4.69) is 16.7 Å². The Morgan fingerprint density at radius 1 is 0.848 bits per heavy atom. The van der Waals surface area contributed by atoms with E-state index in [1.165, 1.54) is 14.0 Å². The molecule has 0 bridgehead atoms. The number of amides is 2. The van der Waals surface area contributed by atoms with Crippen LogP contribution in [0.15, 0.2) is 78.9 Å². The van der Waals surface area contributed by atoms with E-state index < -0.39 is 17.9 Å². The van der Waals surface area contributed by atoms with E-state index in [-0.39, 0.29) is 17.9 Å². The second kappa shape index (κ2) is 9.53. The third-order valence-corrected chi connectivity index (χ3v) is 5.56. The van der Waals surface area contributed by atoms with Crippen LogP contribution in [0.3, 0.4) is 0 Å². The fourth-order valence-corrected chi connectivity index (χ4v) is 4.08. The molecule has 4 rings (SSSR count). The van der Waals surface area contributed by atoms with E-state index in [0.717, 1.165) is 27.1 Å². The third kappa shape index (κ3) is 4.70. The number of anilines is 1. The summed E-state index contributed by atoms with van der Waals surface area (Å²) in [6.45, 7) is 1.37. The summed E-state index contributed by atoms with van der Waals surface area (Å²) in [6.07, 6.45) is 0.253. The van der Waals surface area contributed by atoms with E-state index in [1.807, 2.05) is 48.5 Å². The molecule has 0 aliphatic heterocycles. The van der Waals surface area contributed by atoms with Gasteiger partial charge in [-0.3, -0.25) is 9.59 Å². The largest absolute Gasteiger partial charge is 0.467 e. The molecule has 0 heterocycles. The standard InChI is InChI=1S/C27H24N2O4/c1-17(30)28-24-14-8-7-13-22(24)26(31)29-25(27(32)33-2)16-23-20-11-5-3-9-18(20)15-19-10-4-6-12-21(19)23/h3-15,25H,16H2,1-2H3,(H,28,30)(H,29,31)/t25-/m0/s1. The van der Waals surface area contributed by atoms with Gasteiger partial charge in [0.25, 0.3) is 5.91 Å². The molecule has 0 radical (unpaired) electrons. The van der Waals surface area contributed by atoms with Gasteiger partial charge in [0.15, 0.2) is 0 Å². The Bertz CT molecular complexity index is 1310. The molecule has 33 heavy (non-hydrogen) atoms. The Hall–Kier alpha value is -4.19. The van der Waals surface area contributed by atoms with Crippen LogP contribution in [0.1, 0.15) is 22.8 Å². The van der Waals surface area contributed by atoms with Crippen LogP contribution >= 0.6 is 0 Å². The molecule has 4 aromatic carbocycles. The highest BCUT2D eigenvalue weighted by Crippen LogP contribution is 2.29. The Morgan fingerprint density at radius 3 is 2.03 bits per heavy atom. The van der Waals surface area contributed by atoms with Crippen molar-refractivity contribution in [2.45, 2.75) is 19.4 Å². The molecule has 4 aromatic rings. The molecule has 0 unspecified atom stereocenters. The van der Waals surface area contributed by atoms with Crippen molar-refractivity contribution >= 4 is 45.0 Å². The zero-order valence-corrected chi connectivity index (χ0v) is 18.4. The number of hydrogen-bond donors (Lipinski definition) is 2. The van der Waals surface area contributed by atoms with Crippen molar-refractivity contribution in [3.63, 3.8) is 0 Å². The minimum Gasteiger partial charge on any atom is -0.467 e. The molecule has 2 amide bonds. The Balaban J connectivity index is 1.73. The number of carbonyl (C=O) groups is 3.